The molecule has 30 heavy (non-hydrogen) atoms. The molecule has 0 radical (unpaired) electrons. The maximum absolute atomic E-state index is 12.5. The van der Waals surface area contributed by atoms with Crippen LogP contribution in [0.5, 0.6) is 5.75 Å². The fraction of sp³-hybridized carbons (Fsp3) is 0.154. The van der Waals surface area contributed by atoms with Gasteiger partial charge in [-0.05, 0) is 47.0 Å². The molecule has 1 amide bonds. The van der Waals surface area contributed by atoms with Crippen LogP contribution in [0, 0.1) is 0 Å². The lowest BCUT2D eigenvalue weighted by molar-refractivity contribution is -0.120. The highest BCUT2D eigenvalue weighted by Crippen LogP contribution is 2.27. The number of carbonyl (C=O) groups excluding carboxylic acids is 1. The minimum atomic E-state index is -0.158. The highest BCUT2D eigenvalue weighted by Gasteiger charge is 2.10. The van der Waals surface area contributed by atoms with Crippen molar-refractivity contribution in [3.63, 3.8) is 0 Å². The third-order valence-electron chi connectivity index (χ3n) is 4.91. The zero-order valence-corrected chi connectivity index (χ0v) is 17.1. The predicted octanol–water partition coefficient (Wildman–Crippen LogP) is 5.47. The SMILES string of the molecule is CC(C)Oc1ccc2ccccc2c1/C=N\NC(=O)Cc1cccc2ccccc12. The summed E-state index contributed by atoms with van der Waals surface area (Å²) in [6, 6.07) is 26.1. The van der Waals surface area contributed by atoms with Crippen molar-refractivity contribution in [2.45, 2.75) is 26.4 Å². The number of rotatable bonds is 6. The second-order valence-electron chi connectivity index (χ2n) is 7.47. The van der Waals surface area contributed by atoms with Crippen molar-refractivity contribution in [1.82, 2.24) is 5.43 Å². The molecule has 0 bridgehead atoms. The van der Waals surface area contributed by atoms with Crippen LogP contribution in [0.15, 0.2) is 84.0 Å². The molecule has 0 fully saturated rings. The number of amides is 1. The van der Waals surface area contributed by atoms with Gasteiger partial charge in [0.15, 0.2) is 0 Å². The second kappa shape index (κ2) is 8.78. The van der Waals surface area contributed by atoms with Crippen molar-refractivity contribution < 1.29 is 9.53 Å². The Hall–Kier alpha value is -3.66. The Morgan fingerprint density at radius 1 is 0.900 bits per heavy atom. The molecule has 4 rings (SSSR count). The summed E-state index contributed by atoms with van der Waals surface area (Å²) in [4.78, 5) is 12.5. The molecule has 0 heterocycles. The zero-order valence-electron chi connectivity index (χ0n) is 17.1. The Labute approximate surface area is 176 Å². The molecule has 0 unspecified atom stereocenters. The molecule has 0 saturated heterocycles. The average molecular weight is 396 g/mol. The largest absolute Gasteiger partial charge is 0.490 e. The highest BCUT2D eigenvalue weighted by molar-refractivity contribution is 6.02. The first kappa shape index (κ1) is 19.6. The topological polar surface area (TPSA) is 50.7 Å². The molecule has 150 valence electrons. The van der Waals surface area contributed by atoms with Crippen LogP contribution in [0.4, 0.5) is 0 Å². The van der Waals surface area contributed by atoms with E-state index in [-0.39, 0.29) is 18.4 Å². The molecular weight excluding hydrogens is 372 g/mol. The molecule has 4 aromatic rings. The molecule has 0 aliphatic heterocycles. The van der Waals surface area contributed by atoms with Crippen LogP contribution in [0.1, 0.15) is 25.0 Å². The molecule has 0 spiro atoms. The van der Waals surface area contributed by atoms with E-state index in [2.05, 4.69) is 10.5 Å². The number of hydrogen-bond donors (Lipinski definition) is 1. The van der Waals surface area contributed by atoms with Crippen LogP contribution in [0.3, 0.4) is 0 Å². The van der Waals surface area contributed by atoms with Crippen LogP contribution in [0.25, 0.3) is 21.5 Å². The number of hydrogen-bond acceptors (Lipinski definition) is 3. The molecule has 0 saturated carbocycles. The van der Waals surface area contributed by atoms with E-state index in [1.807, 2.05) is 92.7 Å². The Bertz CT molecular complexity index is 1220. The van der Waals surface area contributed by atoms with E-state index in [0.717, 1.165) is 38.4 Å². The van der Waals surface area contributed by atoms with E-state index in [9.17, 15) is 4.79 Å². The summed E-state index contributed by atoms with van der Waals surface area (Å²) in [5.74, 6) is 0.588. The van der Waals surface area contributed by atoms with Gasteiger partial charge in [0.1, 0.15) is 5.75 Å². The summed E-state index contributed by atoms with van der Waals surface area (Å²) in [7, 11) is 0. The van der Waals surface area contributed by atoms with Crippen molar-refractivity contribution in [3.8, 4) is 5.75 Å². The van der Waals surface area contributed by atoms with Gasteiger partial charge >= 0.3 is 0 Å². The van der Waals surface area contributed by atoms with Gasteiger partial charge in [-0.15, -0.1) is 0 Å². The fourth-order valence-electron chi connectivity index (χ4n) is 3.59. The number of benzene rings is 4. The number of nitrogens with one attached hydrogen (secondary N) is 1. The maximum atomic E-state index is 12.5. The van der Waals surface area contributed by atoms with Gasteiger partial charge in [0.2, 0.25) is 5.91 Å². The highest BCUT2D eigenvalue weighted by atomic mass is 16.5. The van der Waals surface area contributed by atoms with Gasteiger partial charge in [-0.1, -0.05) is 72.8 Å². The third kappa shape index (κ3) is 4.33. The Morgan fingerprint density at radius 2 is 1.57 bits per heavy atom. The first-order valence-corrected chi connectivity index (χ1v) is 10.1. The van der Waals surface area contributed by atoms with Gasteiger partial charge in [-0.3, -0.25) is 4.79 Å². The second-order valence-corrected chi connectivity index (χ2v) is 7.47. The lowest BCUT2D eigenvalue weighted by Gasteiger charge is -2.14. The third-order valence-corrected chi connectivity index (χ3v) is 4.91. The monoisotopic (exact) mass is 396 g/mol. The van der Waals surface area contributed by atoms with E-state index in [0.29, 0.717) is 0 Å². The van der Waals surface area contributed by atoms with Gasteiger partial charge in [0.25, 0.3) is 0 Å². The summed E-state index contributed by atoms with van der Waals surface area (Å²) in [5.41, 5.74) is 4.50. The summed E-state index contributed by atoms with van der Waals surface area (Å²) in [6.45, 7) is 3.98. The minimum absolute atomic E-state index is 0.0410. The Kier molecular flexibility index (Phi) is 5.75. The standard InChI is InChI=1S/C26H24N2O2/c1-18(2)30-25-15-14-20-9-4-6-13-23(20)24(25)17-27-28-26(29)16-21-11-7-10-19-8-3-5-12-22(19)21/h3-15,17-18H,16H2,1-2H3,(H,28,29)/b27-17-. The van der Waals surface area contributed by atoms with Crippen molar-refractivity contribution in [2.75, 3.05) is 0 Å². The molecule has 4 aromatic carbocycles. The molecule has 4 nitrogen and oxygen atoms in total. The lowest BCUT2D eigenvalue weighted by atomic mass is 10.0. The summed E-state index contributed by atoms with van der Waals surface area (Å²) in [6.07, 6.45) is 1.98. The van der Waals surface area contributed by atoms with Gasteiger partial charge in [-0.2, -0.15) is 5.10 Å². The summed E-state index contributed by atoms with van der Waals surface area (Å²) < 4.78 is 5.95. The first-order valence-electron chi connectivity index (χ1n) is 10.1. The molecule has 0 aliphatic rings. The predicted molar refractivity (Wildman–Crippen MR) is 123 cm³/mol. The van der Waals surface area contributed by atoms with E-state index in [4.69, 9.17) is 4.74 Å². The van der Waals surface area contributed by atoms with E-state index < -0.39 is 0 Å². The fourth-order valence-corrected chi connectivity index (χ4v) is 3.59. The molecule has 4 heteroatoms. The quantitative estimate of drug-likeness (QED) is 0.347. The summed E-state index contributed by atoms with van der Waals surface area (Å²) in [5, 5.41) is 8.56. The number of ether oxygens (including phenoxy) is 1. The molecule has 0 atom stereocenters. The van der Waals surface area contributed by atoms with E-state index in [1.54, 1.807) is 6.21 Å². The van der Waals surface area contributed by atoms with Crippen LogP contribution in [0.2, 0.25) is 0 Å². The van der Waals surface area contributed by atoms with Gasteiger partial charge < -0.3 is 4.74 Å². The normalized spacial score (nSPS) is 11.4. The van der Waals surface area contributed by atoms with E-state index in [1.165, 1.54) is 0 Å². The van der Waals surface area contributed by atoms with Crippen LogP contribution in [-0.4, -0.2) is 18.2 Å². The van der Waals surface area contributed by atoms with Crippen molar-refractivity contribution >= 4 is 33.7 Å². The van der Waals surface area contributed by atoms with Crippen LogP contribution in [-0.2, 0) is 11.2 Å². The van der Waals surface area contributed by atoms with Crippen molar-refractivity contribution in [2.24, 2.45) is 5.10 Å². The molecule has 1 N–H and O–H groups in total. The number of nitrogens with zero attached hydrogens (tertiary/aromatic N) is 1. The van der Waals surface area contributed by atoms with E-state index >= 15 is 0 Å². The Morgan fingerprint density at radius 3 is 2.33 bits per heavy atom. The van der Waals surface area contributed by atoms with Gasteiger partial charge in [-0.25, -0.2) is 5.43 Å². The Balaban J connectivity index is 1.55. The average Bonchev–Trinajstić information content (AvgIpc) is 2.75. The van der Waals surface area contributed by atoms with Crippen LogP contribution >= 0.6 is 0 Å². The maximum Gasteiger partial charge on any atom is 0.244 e. The molecule has 0 aliphatic carbocycles. The van der Waals surface area contributed by atoms with Crippen molar-refractivity contribution in [1.29, 1.82) is 0 Å². The molecular formula is C26H24N2O2. The van der Waals surface area contributed by atoms with Gasteiger partial charge in [0, 0.05) is 5.56 Å². The lowest BCUT2D eigenvalue weighted by Crippen LogP contribution is -2.20. The smallest absolute Gasteiger partial charge is 0.244 e. The molecule has 0 aromatic heterocycles. The van der Waals surface area contributed by atoms with Crippen LogP contribution < -0.4 is 10.2 Å². The first-order chi connectivity index (χ1) is 14.6. The number of fused-ring (bicyclic) bond motifs is 2. The number of hydrazone groups is 1. The van der Waals surface area contributed by atoms with Crippen molar-refractivity contribution in [3.05, 3.63) is 90.0 Å². The van der Waals surface area contributed by atoms with Gasteiger partial charge in [0.05, 0.1) is 18.7 Å². The minimum Gasteiger partial charge on any atom is -0.490 e. The summed E-state index contributed by atoms with van der Waals surface area (Å²) >= 11 is 0. The zero-order chi connectivity index (χ0) is 20.9. The number of carbonyl (C=O) groups is 1.